The molecule has 0 unspecified atom stereocenters. The molecule has 8 heteroatoms. The molecule has 4 aromatic rings. The number of aromatic nitrogens is 4. The number of hydrogen-bond donors (Lipinski definition) is 1. The zero-order chi connectivity index (χ0) is 23.2. The summed E-state index contributed by atoms with van der Waals surface area (Å²) >= 11 is 0. The number of para-hydroxylation sites is 1. The molecule has 34 heavy (non-hydrogen) atoms. The van der Waals surface area contributed by atoms with Gasteiger partial charge in [-0.05, 0) is 31.2 Å². The van der Waals surface area contributed by atoms with E-state index in [0.29, 0.717) is 38.2 Å². The average Bonchev–Trinajstić information content (AvgIpc) is 3.38. The van der Waals surface area contributed by atoms with Crippen LogP contribution in [0.25, 0.3) is 17.1 Å². The molecule has 0 aliphatic carbocycles. The predicted octanol–water partition coefficient (Wildman–Crippen LogP) is 3.97. The molecular weight excluding hydrogens is 428 g/mol. The monoisotopic (exact) mass is 456 g/mol. The van der Waals surface area contributed by atoms with E-state index in [1.54, 1.807) is 4.68 Å². The first kappa shape index (κ1) is 21.9. The summed E-state index contributed by atoms with van der Waals surface area (Å²) in [7, 11) is 0. The van der Waals surface area contributed by atoms with Gasteiger partial charge in [-0.15, -0.1) is 0 Å². The number of nitrogens with zero attached hydrogens (tertiary/aromatic N) is 5. The molecule has 5 rings (SSSR count). The molecular formula is C26H28N6O2. The lowest BCUT2D eigenvalue weighted by atomic mass is 10.1. The zero-order valence-corrected chi connectivity index (χ0v) is 19.2. The highest BCUT2D eigenvalue weighted by Gasteiger charge is 2.17. The van der Waals surface area contributed by atoms with Crippen LogP contribution in [0.1, 0.15) is 5.56 Å². The van der Waals surface area contributed by atoms with E-state index in [2.05, 4.69) is 45.3 Å². The van der Waals surface area contributed by atoms with E-state index in [4.69, 9.17) is 14.6 Å². The summed E-state index contributed by atoms with van der Waals surface area (Å²) in [5.74, 6) is 1.48. The van der Waals surface area contributed by atoms with E-state index in [0.717, 1.165) is 35.9 Å². The van der Waals surface area contributed by atoms with Crippen LogP contribution in [0.2, 0.25) is 0 Å². The van der Waals surface area contributed by atoms with Gasteiger partial charge in [-0.1, -0.05) is 42.0 Å². The van der Waals surface area contributed by atoms with Crippen LogP contribution in [0.3, 0.4) is 0 Å². The van der Waals surface area contributed by atoms with Gasteiger partial charge in [-0.25, -0.2) is 4.68 Å². The Morgan fingerprint density at radius 2 is 1.76 bits per heavy atom. The minimum atomic E-state index is 0.335. The molecule has 1 N–H and O–H groups in total. The number of benzene rings is 2. The Bertz CT molecular complexity index is 1220. The number of hydrogen-bond acceptors (Lipinski definition) is 7. The normalized spacial score (nSPS) is 13.6. The first-order chi connectivity index (χ1) is 16.7. The van der Waals surface area contributed by atoms with Gasteiger partial charge in [0, 0.05) is 43.1 Å². The van der Waals surface area contributed by atoms with Crippen LogP contribution in [0, 0.1) is 6.92 Å². The quantitative estimate of drug-likeness (QED) is 0.402. The maximum atomic E-state index is 5.94. The molecule has 8 nitrogen and oxygen atoms in total. The number of anilines is 2. The second-order valence-electron chi connectivity index (χ2n) is 8.12. The van der Waals surface area contributed by atoms with Crippen molar-refractivity contribution >= 4 is 11.5 Å². The Balaban J connectivity index is 1.36. The van der Waals surface area contributed by atoms with Gasteiger partial charge >= 0.3 is 6.01 Å². The third kappa shape index (κ3) is 5.35. The number of rotatable bonds is 8. The number of nitrogens with one attached hydrogen (secondary N) is 1. The van der Waals surface area contributed by atoms with Crippen molar-refractivity contribution in [2.75, 3.05) is 49.7 Å². The van der Waals surface area contributed by atoms with E-state index in [-0.39, 0.29) is 0 Å². The van der Waals surface area contributed by atoms with E-state index < -0.39 is 0 Å². The van der Waals surface area contributed by atoms with Crippen LogP contribution < -0.4 is 15.0 Å². The van der Waals surface area contributed by atoms with Crippen molar-refractivity contribution in [3.8, 4) is 23.1 Å². The zero-order valence-electron chi connectivity index (χ0n) is 19.2. The van der Waals surface area contributed by atoms with Crippen LogP contribution in [0.15, 0.2) is 72.9 Å². The van der Waals surface area contributed by atoms with Crippen molar-refractivity contribution in [3.63, 3.8) is 0 Å². The Labute approximate surface area is 199 Å². The van der Waals surface area contributed by atoms with Gasteiger partial charge in [0.2, 0.25) is 0 Å². The molecule has 1 aliphatic heterocycles. The maximum absolute atomic E-state index is 5.94. The van der Waals surface area contributed by atoms with Gasteiger partial charge in [-0.2, -0.15) is 15.1 Å². The lowest BCUT2D eigenvalue weighted by molar-refractivity contribution is 0.122. The third-order valence-electron chi connectivity index (χ3n) is 5.59. The summed E-state index contributed by atoms with van der Waals surface area (Å²) in [6, 6.07) is 22.6. The highest BCUT2D eigenvalue weighted by atomic mass is 16.5. The standard InChI is InChI=1S/C26H28N6O2/c1-20-6-5-7-21(18-20)23-10-12-32(30-23)25-19-24(31-13-16-33-17-14-31)28-26(29-25)34-15-11-27-22-8-3-2-4-9-22/h2-10,12,18-19,27H,11,13-17H2,1H3. The molecule has 2 aromatic carbocycles. The number of aryl methyl sites for hydroxylation is 1. The molecule has 174 valence electrons. The van der Waals surface area contributed by atoms with Gasteiger partial charge in [0.05, 0.1) is 18.9 Å². The molecule has 1 aliphatic rings. The van der Waals surface area contributed by atoms with Crippen LogP contribution in [0.4, 0.5) is 11.5 Å². The highest BCUT2D eigenvalue weighted by Crippen LogP contribution is 2.23. The van der Waals surface area contributed by atoms with Crippen molar-refractivity contribution < 1.29 is 9.47 Å². The lowest BCUT2D eigenvalue weighted by Gasteiger charge is -2.28. The summed E-state index contributed by atoms with van der Waals surface area (Å²) in [5.41, 5.74) is 4.22. The predicted molar refractivity (Wildman–Crippen MR) is 133 cm³/mol. The molecule has 1 saturated heterocycles. The molecule has 0 amide bonds. The van der Waals surface area contributed by atoms with E-state index >= 15 is 0 Å². The Hall–Kier alpha value is -3.91. The highest BCUT2D eigenvalue weighted by molar-refractivity contribution is 5.60. The second-order valence-corrected chi connectivity index (χ2v) is 8.12. The van der Waals surface area contributed by atoms with Crippen molar-refractivity contribution in [1.29, 1.82) is 0 Å². The molecule has 0 spiro atoms. The SMILES string of the molecule is Cc1cccc(-c2ccn(-c3cc(N4CCOCC4)nc(OCCNc4ccccc4)n3)n2)c1. The fourth-order valence-electron chi connectivity index (χ4n) is 3.84. The van der Waals surface area contributed by atoms with Crippen molar-refractivity contribution in [2.45, 2.75) is 6.92 Å². The fraction of sp³-hybridized carbons (Fsp3) is 0.269. The van der Waals surface area contributed by atoms with Gasteiger partial charge < -0.3 is 19.7 Å². The minimum Gasteiger partial charge on any atom is -0.461 e. The van der Waals surface area contributed by atoms with Gasteiger partial charge in [-0.3, -0.25) is 0 Å². The number of ether oxygens (including phenoxy) is 2. The van der Waals surface area contributed by atoms with Crippen LogP contribution >= 0.6 is 0 Å². The van der Waals surface area contributed by atoms with E-state index in [1.165, 1.54) is 5.56 Å². The van der Waals surface area contributed by atoms with Crippen LogP contribution in [-0.4, -0.2) is 59.2 Å². The molecule has 2 aromatic heterocycles. The van der Waals surface area contributed by atoms with Crippen LogP contribution in [-0.2, 0) is 4.74 Å². The molecule has 0 radical (unpaired) electrons. The van der Waals surface area contributed by atoms with Crippen LogP contribution in [0.5, 0.6) is 6.01 Å². The van der Waals surface area contributed by atoms with Crippen molar-refractivity contribution in [2.24, 2.45) is 0 Å². The van der Waals surface area contributed by atoms with E-state index in [9.17, 15) is 0 Å². The Kier molecular flexibility index (Phi) is 6.67. The summed E-state index contributed by atoms with van der Waals surface area (Å²) in [6.45, 7) is 6.07. The van der Waals surface area contributed by atoms with Gasteiger partial charge in [0.25, 0.3) is 0 Å². The number of morpholine rings is 1. The second kappa shape index (κ2) is 10.4. The fourth-order valence-corrected chi connectivity index (χ4v) is 3.84. The summed E-state index contributed by atoms with van der Waals surface area (Å²) in [6.07, 6.45) is 1.92. The van der Waals surface area contributed by atoms with Gasteiger partial charge in [0.15, 0.2) is 5.82 Å². The summed E-state index contributed by atoms with van der Waals surface area (Å²) in [5, 5.41) is 8.11. The van der Waals surface area contributed by atoms with Crippen molar-refractivity contribution in [1.82, 2.24) is 19.7 Å². The first-order valence-corrected chi connectivity index (χ1v) is 11.5. The molecule has 0 bridgehead atoms. The Morgan fingerprint density at radius 3 is 2.59 bits per heavy atom. The maximum Gasteiger partial charge on any atom is 0.320 e. The summed E-state index contributed by atoms with van der Waals surface area (Å²) < 4.78 is 13.2. The smallest absolute Gasteiger partial charge is 0.320 e. The average molecular weight is 457 g/mol. The third-order valence-corrected chi connectivity index (χ3v) is 5.59. The molecule has 0 atom stereocenters. The first-order valence-electron chi connectivity index (χ1n) is 11.5. The largest absolute Gasteiger partial charge is 0.461 e. The topological polar surface area (TPSA) is 77.3 Å². The van der Waals surface area contributed by atoms with E-state index in [1.807, 2.05) is 54.7 Å². The molecule has 1 fully saturated rings. The lowest BCUT2D eigenvalue weighted by Crippen LogP contribution is -2.37. The minimum absolute atomic E-state index is 0.335. The molecule has 3 heterocycles. The molecule has 0 saturated carbocycles. The summed E-state index contributed by atoms with van der Waals surface area (Å²) in [4.78, 5) is 11.5. The Morgan fingerprint density at radius 1 is 0.941 bits per heavy atom. The van der Waals surface area contributed by atoms with Gasteiger partial charge in [0.1, 0.15) is 12.4 Å². The van der Waals surface area contributed by atoms with Crippen molar-refractivity contribution in [3.05, 3.63) is 78.5 Å².